The number of fused-ring (bicyclic) bond motifs is 1. The van der Waals surface area contributed by atoms with Crippen LogP contribution in [0.1, 0.15) is 5.82 Å². The normalized spacial score (nSPS) is 10.9. The van der Waals surface area contributed by atoms with Crippen LogP contribution in [0.5, 0.6) is 0 Å². The zero-order valence-corrected chi connectivity index (χ0v) is 9.14. The van der Waals surface area contributed by atoms with Crippen LogP contribution in [-0.2, 0) is 0 Å². The fraction of sp³-hybridized carbons (Fsp3) is 0.143. The first-order chi connectivity index (χ1) is 5.68. The van der Waals surface area contributed by atoms with Gasteiger partial charge in [0, 0.05) is 9.77 Å². The highest BCUT2D eigenvalue weighted by Crippen LogP contribution is 2.24. The second-order valence-electron chi connectivity index (χ2n) is 2.42. The van der Waals surface area contributed by atoms with Gasteiger partial charge in [-0.2, -0.15) is 0 Å². The summed E-state index contributed by atoms with van der Waals surface area (Å²) in [5, 5.41) is 1.42. The molecule has 0 fully saturated rings. The lowest BCUT2D eigenvalue weighted by Crippen LogP contribution is -1.88. The molecule has 1 N–H and O–H groups in total. The second-order valence-corrected chi connectivity index (χ2v) is 3.94. The average molecular weight is 293 g/mol. The molecular weight excluding hydrogens is 288 g/mol. The molecular formula is C7H5ClIN3. The molecule has 0 aliphatic rings. The molecule has 62 valence electrons. The summed E-state index contributed by atoms with van der Waals surface area (Å²) in [6, 6.07) is 0. The molecule has 2 heterocycles. The van der Waals surface area contributed by atoms with Gasteiger partial charge in [0.1, 0.15) is 16.6 Å². The number of hydrogen-bond acceptors (Lipinski definition) is 2. The third kappa shape index (κ3) is 1.19. The van der Waals surface area contributed by atoms with Crippen molar-refractivity contribution in [1.82, 2.24) is 15.0 Å². The summed E-state index contributed by atoms with van der Waals surface area (Å²) < 4.78 is 1.05. The van der Waals surface area contributed by atoms with Gasteiger partial charge in [-0.1, -0.05) is 11.6 Å². The number of H-pyrrole nitrogens is 1. The number of aromatic amines is 1. The maximum absolute atomic E-state index is 5.93. The Morgan fingerprint density at radius 3 is 3.00 bits per heavy atom. The molecule has 0 spiro atoms. The molecule has 0 saturated carbocycles. The van der Waals surface area contributed by atoms with E-state index >= 15 is 0 Å². The van der Waals surface area contributed by atoms with Crippen molar-refractivity contribution in [1.29, 1.82) is 0 Å². The van der Waals surface area contributed by atoms with Crippen LogP contribution < -0.4 is 0 Å². The van der Waals surface area contributed by atoms with E-state index in [0.717, 1.165) is 14.6 Å². The van der Waals surface area contributed by atoms with E-state index in [1.54, 1.807) is 0 Å². The molecule has 0 bridgehead atoms. The van der Waals surface area contributed by atoms with Crippen molar-refractivity contribution in [3.63, 3.8) is 0 Å². The maximum Gasteiger partial charge on any atom is 0.143 e. The molecule has 0 saturated heterocycles. The van der Waals surface area contributed by atoms with Crippen LogP contribution >= 0.6 is 34.2 Å². The van der Waals surface area contributed by atoms with Gasteiger partial charge in [0.05, 0.1) is 5.39 Å². The van der Waals surface area contributed by atoms with E-state index in [9.17, 15) is 0 Å². The van der Waals surface area contributed by atoms with Crippen LogP contribution in [0.3, 0.4) is 0 Å². The van der Waals surface area contributed by atoms with Gasteiger partial charge in [0.25, 0.3) is 0 Å². The number of aryl methyl sites for hydroxylation is 1. The van der Waals surface area contributed by atoms with Crippen LogP contribution in [0.2, 0.25) is 5.15 Å². The van der Waals surface area contributed by atoms with Crippen molar-refractivity contribution in [2.75, 3.05) is 0 Å². The molecule has 0 aliphatic carbocycles. The first-order valence-electron chi connectivity index (χ1n) is 3.35. The topological polar surface area (TPSA) is 41.6 Å². The Morgan fingerprint density at radius 1 is 1.50 bits per heavy atom. The number of rotatable bonds is 0. The van der Waals surface area contributed by atoms with Crippen molar-refractivity contribution < 1.29 is 0 Å². The Kier molecular flexibility index (Phi) is 1.96. The molecule has 2 aromatic rings. The lowest BCUT2D eigenvalue weighted by molar-refractivity contribution is 1.08. The number of nitrogens with one attached hydrogen (secondary N) is 1. The highest BCUT2D eigenvalue weighted by Gasteiger charge is 2.07. The van der Waals surface area contributed by atoms with Gasteiger partial charge in [-0.3, -0.25) is 0 Å². The van der Waals surface area contributed by atoms with Gasteiger partial charge >= 0.3 is 0 Å². The number of nitrogens with zero attached hydrogens (tertiary/aromatic N) is 2. The van der Waals surface area contributed by atoms with Gasteiger partial charge in [0.2, 0.25) is 0 Å². The molecule has 0 radical (unpaired) electrons. The fourth-order valence-corrected chi connectivity index (χ4v) is 2.20. The van der Waals surface area contributed by atoms with Crippen molar-refractivity contribution in [3.05, 3.63) is 20.7 Å². The van der Waals surface area contributed by atoms with Crippen molar-refractivity contribution in [3.8, 4) is 0 Å². The summed E-state index contributed by atoms with van der Waals surface area (Å²) in [6.45, 7) is 1.82. The Labute approximate surface area is 87.7 Å². The van der Waals surface area contributed by atoms with E-state index in [0.29, 0.717) is 11.0 Å². The summed E-state index contributed by atoms with van der Waals surface area (Å²) in [7, 11) is 0. The van der Waals surface area contributed by atoms with Crippen LogP contribution in [-0.4, -0.2) is 15.0 Å². The Hall–Kier alpha value is -0.360. The third-order valence-corrected chi connectivity index (χ3v) is 2.68. The third-order valence-electron chi connectivity index (χ3n) is 1.55. The highest BCUT2D eigenvalue weighted by atomic mass is 127. The van der Waals surface area contributed by atoms with E-state index in [1.807, 2.05) is 13.1 Å². The van der Waals surface area contributed by atoms with Crippen LogP contribution in [0, 0.1) is 10.5 Å². The van der Waals surface area contributed by atoms with Crippen molar-refractivity contribution in [2.45, 2.75) is 6.92 Å². The average Bonchev–Trinajstić information content (AvgIpc) is 2.31. The van der Waals surface area contributed by atoms with E-state index in [1.165, 1.54) is 0 Å². The van der Waals surface area contributed by atoms with Crippen LogP contribution in [0.15, 0.2) is 6.20 Å². The smallest absolute Gasteiger partial charge is 0.143 e. The molecule has 0 amide bonds. The molecule has 2 aromatic heterocycles. The Bertz CT molecular complexity index is 437. The molecule has 0 aliphatic heterocycles. The number of halogens is 2. The maximum atomic E-state index is 5.93. The van der Waals surface area contributed by atoms with Gasteiger partial charge in [0.15, 0.2) is 0 Å². The molecule has 0 atom stereocenters. The summed E-state index contributed by atoms with van der Waals surface area (Å²) in [5.74, 6) is 0.686. The summed E-state index contributed by atoms with van der Waals surface area (Å²) in [6.07, 6.45) is 1.87. The fourth-order valence-electron chi connectivity index (χ4n) is 1.06. The van der Waals surface area contributed by atoms with Crippen molar-refractivity contribution in [2.24, 2.45) is 0 Å². The molecule has 2 rings (SSSR count). The number of aromatic nitrogens is 3. The molecule has 0 unspecified atom stereocenters. The standard InChI is InChI=1S/C7H5ClIN3/c1-3-11-6(8)5-4(9)2-10-7(5)12-3/h2H,1H3,(H,10,11,12). The zero-order valence-electron chi connectivity index (χ0n) is 6.23. The molecule has 5 heteroatoms. The molecule has 12 heavy (non-hydrogen) atoms. The Balaban J connectivity index is 2.93. The monoisotopic (exact) mass is 293 g/mol. The lowest BCUT2D eigenvalue weighted by Gasteiger charge is -1.95. The van der Waals surface area contributed by atoms with E-state index in [2.05, 4.69) is 37.5 Å². The van der Waals surface area contributed by atoms with Gasteiger partial charge in [-0.25, -0.2) is 9.97 Å². The van der Waals surface area contributed by atoms with Crippen molar-refractivity contribution >= 4 is 45.2 Å². The first kappa shape index (κ1) is 8.25. The zero-order chi connectivity index (χ0) is 8.72. The summed E-state index contributed by atoms with van der Waals surface area (Å²) >= 11 is 8.13. The quantitative estimate of drug-likeness (QED) is 0.599. The van der Waals surface area contributed by atoms with Gasteiger partial charge < -0.3 is 4.98 Å². The van der Waals surface area contributed by atoms with Crippen LogP contribution in [0.4, 0.5) is 0 Å². The first-order valence-corrected chi connectivity index (χ1v) is 4.81. The minimum atomic E-state index is 0.517. The van der Waals surface area contributed by atoms with Crippen LogP contribution in [0.25, 0.3) is 11.0 Å². The van der Waals surface area contributed by atoms with E-state index in [-0.39, 0.29) is 0 Å². The summed E-state index contributed by atoms with van der Waals surface area (Å²) in [4.78, 5) is 11.3. The lowest BCUT2D eigenvalue weighted by atomic mass is 10.4. The van der Waals surface area contributed by atoms with E-state index in [4.69, 9.17) is 11.6 Å². The number of hydrogen-bond donors (Lipinski definition) is 1. The van der Waals surface area contributed by atoms with Gasteiger partial charge in [-0.15, -0.1) is 0 Å². The van der Waals surface area contributed by atoms with Gasteiger partial charge in [-0.05, 0) is 29.5 Å². The SMILES string of the molecule is Cc1nc(Cl)c2c(I)c[nH]c2n1. The molecule has 3 nitrogen and oxygen atoms in total. The Morgan fingerprint density at radius 2 is 2.25 bits per heavy atom. The highest BCUT2D eigenvalue weighted by molar-refractivity contribution is 14.1. The summed E-state index contributed by atoms with van der Waals surface area (Å²) in [5.41, 5.74) is 0.803. The minimum absolute atomic E-state index is 0.517. The minimum Gasteiger partial charge on any atom is -0.345 e. The predicted octanol–water partition coefficient (Wildman–Crippen LogP) is 2.52. The molecule has 0 aromatic carbocycles. The largest absolute Gasteiger partial charge is 0.345 e. The van der Waals surface area contributed by atoms with E-state index < -0.39 is 0 Å². The second kappa shape index (κ2) is 2.85. The predicted molar refractivity (Wildman–Crippen MR) is 56.4 cm³/mol.